The third kappa shape index (κ3) is 6.51. The Bertz CT molecular complexity index is 678. The monoisotopic (exact) mass is 458 g/mol. The molecule has 1 saturated carbocycles. The summed E-state index contributed by atoms with van der Waals surface area (Å²) in [4.78, 5) is 23.2. The number of hydrogen-bond donors (Lipinski definition) is 6. The second-order valence-corrected chi connectivity index (χ2v) is 9.46. The van der Waals surface area contributed by atoms with Crippen LogP contribution in [0, 0.1) is 23.7 Å². The van der Waals surface area contributed by atoms with Crippen LogP contribution in [0.2, 0.25) is 0 Å². The highest BCUT2D eigenvalue weighted by atomic mass is 16.5. The fourth-order valence-electron chi connectivity index (χ4n) is 4.98. The van der Waals surface area contributed by atoms with Gasteiger partial charge in [-0.15, -0.1) is 0 Å². The van der Waals surface area contributed by atoms with Gasteiger partial charge in [-0.2, -0.15) is 0 Å². The van der Waals surface area contributed by atoms with Crippen molar-refractivity contribution >= 4 is 11.9 Å². The molecule has 2 aliphatic carbocycles. The molecule has 0 spiro atoms. The second-order valence-electron chi connectivity index (χ2n) is 9.46. The lowest BCUT2D eigenvalue weighted by Gasteiger charge is -2.49. The number of hydrogen-bond acceptors (Lipinski definition) is 8. The smallest absolute Gasteiger partial charge is 0.308 e. The Hall–Kier alpha value is -1.52. The number of aliphatic hydroxyl groups excluding tert-OH is 5. The molecule has 10 unspecified atom stereocenters. The summed E-state index contributed by atoms with van der Waals surface area (Å²) in [6.07, 6.45) is -3.53. The quantitative estimate of drug-likeness (QED) is 0.203. The number of carboxylic acid groups (broad SMARTS) is 1. The fraction of sp³-hybridized carbons (Fsp3) is 0.826. The number of aliphatic carboxylic acids is 1. The Morgan fingerprint density at radius 1 is 1.19 bits per heavy atom. The largest absolute Gasteiger partial charge is 0.481 e. The molecule has 10 atom stereocenters. The van der Waals surface area contributed by atoms with Crippen LogP contribution in [0.1, 0.15) is 59.3 Å². The number of rotatable bonds is 10. The summed E-state index contributed by atoms with van der Waals surface area (Å²) in [5, 5.41) is 60.4. The van der Waals surface area contributed by atoms with Gasteiger partial charge in [0.05, 0.1) is 36.8 Å². The van der Waals surface area contributed by atoms with Crippen molar-refractivity contribution in [3.05, 3.63) is 11.6 Å². The van der Waals surface area contributed by atoms with Crippen molar-refractivity contribution in [3.8, 4) is 0 Å². The highest BCUT2D eigenvalue weighted by Gasteiger charge is 2.50. The SMILES string of the molecule is CCC(C)C(=O)OC1CC(O)C=C2C(O)C(O)C(C)C(CCC(O)CC(O)CC(=O)O)C21. The zero-order valence-corrected chi connectivity index (χ0v) is 19.0. The van der Waals surface area contributed by atoms with E-state index in [9.17, 15) is 35.1 Å². The molecule has 32 heavy (non-hydrogen) atoms. The predicted molar refractivity (Wildman–Crippen MR) is 114 cm³/mol. The van der Waals surface area contributed by atoms with Gasteiger partial charge in [0, 0.05) is 12.3 Å². The summed E-state index contributed by atoms with van der Waals surface area (Å²) in [5.74, 6) is -2.89. The van der Waals surface area contributed by atoms with E-state index < -0.39 is 54.9 Å². The van der Waals surface area contributed by atoms with Crippen molar-refractivity contribution in [3.63, 3.8) is 0 Å². The Morgan fingerprint density at radius 2 is 1.84 bits per heavy atom. The van der Waals surface area contributed by atoms with Gasteiger partial charge < -0.3 is 35.4 Å². The number of carboxylic acids is 1. The first kappa shape index (κ1) is 26.7. The maximum atomic E-state index is 12.5. The Labute approximate surface area is 188 Å². The minimum Gasteiger partial charge on any atom is -0.481 e. The average molecular weight is 459 g/mol. The third-order valence-electron chi connectivity index (χ3n) is 7.05. The third-order valence-corrected chi connectivity index (χ3v) is 7.05. The first-order chi connectivity index (χ1) is 15.0. The molecule has 2 rings (SSSR count). The first-order valence-electron chi connectivity index (χ1n) is 11.5. The van der Waals surface area contributed by atoms with Crippen molar-refractivity contribution in [2.45, 2.75) is 95.9 Å². The van der Waals surface area contributed by atoms with E-state index in [1.807, 2.05) is 6.92 Å². The van der Waals surface area contributed by atoms with Crippen LogP contribution >= 0.6 is 0 Å². The van der Waals surface area contributed by atoms with Crippen LogP contribution in [0.5, 0.6) is 0 Å². The Kier molecular flexibility index (Phi) is 9.66. The molecular formula is C23H38O9. The number of carbonyl (C=O) groups excluding carboxylic acids is 1. The van der Waals surface area contributed by atoms with E-state index in [1.54, 1.807) is 13.8 Å². The van der Waals surface area contributed by atoms with Crippen LogP contribution in [-0.2, 0) is 14.3 Å². The fourth-order valence-corrected chi connectivity index (χ4v) is 4.98. The highest BCUT2D eigenvalue weighted by Crippen LogP contribution is 2.47. The molecule has 0 aromatic heterocycles. The molecule has 9 heteroatoms. The van der Waals surface area contributed by atoms with Gasteiger partial charge in [-0.3, -0.25) is 9.59 Å². The van der Waals surface area contributed by atoms with Crippen molar-refractivity contribution in [2.75, 3.05) is 0 Å². The van der Waals surface area contributed by atoms with Gasteiger partial charge in [0.15, 0.2) is 0 Å². The summed E-state index contributed by atoms with van der Waals surface area (Å²) in [6, 6.07) is 0. The van der Waals surface area contributed by atoms with Gasteiger partial charge in [0.25, 0.3) is 0 Å². The number of fused-ring (bicyclic) bond motifs is 1. The second kappa shape index (κ2) is 11.6. The van der Waals surface area contributed by atoms with Crippen LogP contribution in [0.25, 0.3) is 0 Å². The molecule has 0 bridgehead atoms. The van der Waals surface area contributed by atoms with Crippen molar-refractivity contribution in [1.29, 1.82) is 0 Å². The van der Waals surface area contributed by atoms with Gasteiger partial charge in [-0.1, -0.05) is 26.8 Å². The van der Waals surface area contributed by atoms with E-state index in [0.717, 1.165) is 0 Å². The Morgan fingerprint density at radius 3 is 2.44 bits per heavy atom. The standard InChI is InChI=1S/C23H38O9/c1-4-11(2)23(31)32-18-9-15(26)8-17-20(18)16(12(3)21(29)22(17)30)6-5-13(24)7-14(25)10-19(27)28/h8,11-16,18,20-22,24-26,29-30H,4-7,9-10H2,1-3H3,(H,27,28). The summed E-state index contributed by atoms with van der Waals surface area (Å²) < 4.78 is 5.76. The molecule has 6 N–H and O–H groups in total. The lowest BCUT2D eigenvalue weighted by molar-refractivity contribution is -0.163. The molecule has 0 aromatic rings. The van der Waals surface area contributed by atoms with Gasteiger partial charge in [0.2, 0.25) is 0 Å². The lowest BCUT2D eigenvalue weighted by atomic mass is 9.61. The molecule has 184 valence electrons. The first-order valence-corrected chi connectivity index (χ1v) is 11.5. The molecule has 0 saturated heterocycles. The summed E-state index contributed by atoms with van der Waals surface area (Å²) in [5.41, 5.74) is 0.446. The van der Waals surface area contributed by atoms with Gasteiger partial charge in [0.1, 0.15) is 12.2 Å². The highest BCUT2D eigenvalue weighted by molar-refractivity contribution is 5.72. The number of esters is 1. The van der Waals surface area contributed by atoms with Crippen molar-refractivity contribution in [2.24, 2.45) is 23.7 Å². The van der Waals surface area contributed by atoms with Crippen LogP contribution < -0.4 is 0 Å². The number of carbonyl (C=O) groups is 2. The van der Waals surface area contributed by atoms with Crippen LogP contribution in [0.3, 0.4) is 0 Å². The maximum absolute atomic E-state index is 12.5. The summed E-state index contributed by atoms with van der Waals surface area (Å²) >= 11 is 0. The van der Waals surface area contributed by atoms with Crippen LogP contribution in [0.4, 0.5) is 0 Å². The molecule has 0 aliphatic heterocycles. The minimum absolute atomic E-state index is 0.0862. The van der Waals surface area contributed by atoms with Crippen LogP contribution in [-0.4, -0.2) is 79.2 Å². The molecule has 0 radical (unpaired) electrons. The topological polar surface area (TPSA) is 165 Å². The van der Waals surface area contributed by atoms with Crippen molar-refractivity contribution < 1.29 is 45.0 Å². The lowest BCUT2D eigenvalue weighted by Crippen LogP contribution is -2.54. The Balaban J connectivity index is 2.20. The normalized spacial score (nSPS) is 35.2. The van der Waals surface area contributed by atoms with Gasteiger partial charge in [-0.05, 0) is 43.1 Å². The van der Waals surface area contributed by atoms with E-state index in [-0.39, 0.29) is 43.0 Å². The maximum Gasteiger partial charge on any atom is 0.308 e. The van der Waals surface area contributed by atoms with E-state index in [1.165, 1.54) is 6.08 Å². The molecule has 0 heterocycles. The van der Waals surface area contributed by atoms with Gasteiger partial charge in [-0.25, -0.2) is 0 Å². The van der Waals surface area contributed by atoms with Gasteiger partial charge >= 0.3 is 11.9 Å². The number of ether oxygens (including phenoxy) is 1. The molecule has 0 amide bonds. The predicted octanol–water partition coefficient (Wildman–Crippen LogP) is 0.606. The summed E-state index contributed by atoms with van der Waals surface area (Å²) in [6.45, 7) is 5.43. The van der Waals surface area contributed by atoms with E-state index in [4.69, 9.17) is 9.84 Å². The van der Waals surface area contributed by atoms with E-state index in [0.29, 0.717) is 18.4 Å². The molecule has 2 aliphatic rings. The van der Waals surface area contributed by atoms with E-state index in [2.05, 4.69) is 0 Å². The molecular weight excluding hydrogens is 420 g/mol. The summed E-state index contributed by atoms with van der Waals surface area (Å²) in [7, 11) is 0. The zero-order chi connectivity index (χ0) is 24.2. The number of aliphatic hydroxyl groups is 5. The molecule has 1 fully saturated rings. The molecule has 9 nitrogen and oxygen atoms in total. The van der Waals surface area contributed by atoms with E-state index >= 15 is 0 Å². The minimum atomic E-state index is -1.19. The average Bonchev–Trinajstić information content (AvgIpc) is 2.70. The van der Waals surface area contributed by atoms with Crippen LogP contribution in [0.15, 0.2) is 11.6 Å². The molecule has 0 aromatic carbocycles. The van der Waals surface area contributed by atoms with Crippen molar-refractivity contribution in [1.82, 2.24) is 0 Å². The zero-order valence-electron chi connectivity index (χ0n) is 19.0.